The highest BCUT2D eigenvalue weighted by atomic mass is 16.5. The Morgan fingerprint density at radius 2 is 1.69 bits per heavy atom. The Morgan fingerprint density at radius 3 is 2.38 bits per heavy atom. The van der Waals surface area contributed by atoms with Crippen molar-refractivity contribution >= 4 is 23.0 Å². The molecule has 166 valence electrons. The predicted molar refractivity (Wildman–Crippen MR) is 119 cm³/mol. The van der Waals surface area contributed by atoms with Crippen molar-refractivity contribution in [3.63, 3.8) is 0 Å². The number of carbonyl (C=O) groups is 2. The number of ether oxygens (including phenoxy) is 1. The lowest BCUT2D eigenvalue weighted by Crippen LogP contribution is -2.51. The molecule has 9 heteroatoms. The van der Waals surface area contributed by atoms with Crippen molar-refractivity contribution in [1.29, 1.82) is 0 Å². The summed E-state index contributed by atoms with van der Waals surface area (Å²) in [7, 11) is 1.55. The molecule has 9 nitrogen and oxygen atoms in total. The normalized spacial score (nSPS) is 14.1. The number of rotatable bonds is 5. The number of carbonyl (C=O) groups excluding carboxylic acids is 2. The Bertz CT molecular complexity index is 1210. The van der Waals surface area contributed by atoms with Crippen molar-refractivity contribution in [3.05, 3.63) is 69.8 Å². The molecule has 1 aliphatic heterocycles. The minimum Gasteiger partial charge on any atom is -0.383 e. The summed E-state index contributed by atoms with van der Waals surface area (Å²) in [6, 6.07) is 10.9. The van der Waals surface area contributed by atoms with Crippen LogP contribution in [-0.4, -0.2) is 76.0 Å². The second-order valence-electron chi connectivity index (χ2n) is 7.66. The van der Waals surface area contributed by atoms with E-state index in [0.717, 1.165) is 5.56 Å². The minimum atomic E-state index is -0.489. The minimum absolute atomic E-state index is 0.0491. The highest BCUT2D eigenvalue weighted by Crippen LogP contribution is 2.14. The topological polar surface area (TPSA) is 97.6 Å². The molecular weight excluding hydrogens is 410 g/mol. The Morgan fingerprint density at radius 1 is 1.00 bits per heavy atom. The SMILES string of the molecule is COCCn1c(=O)c(C(=O)N2CCN(C(=O)c3ccccc3C)CC2)nc2cccnc21. The van der Waals surface area contributed by atoms with Gasteiger partial charge in [0.25, 0.3) is 17.4 Å². The fourth-order valence-electron chi connectivity index (χ4n) is 3.85. The quantitative estimate of drug-likeness (QED) is 0.600. The molecule has 0 aliphatic carbocycles. The number of nitrogens with zero attached hydrogens (tertiary/aromatic N) is 5. The van der Waals surface area contributed by atoms with Crippen molar-refractivity contribution in [2.75, 3.05) is 39.9 Å². The van der Waals surface area contributed by atoms with Crippen molar-refractivity contribution in [2.24, 2.45) is 0 Å². The van der Waals surface area contributed by atoms with Gasteiger partial charge in [0.05, 0.1) is 13.2 Å². The summed E-state index contributed by atoms with van der Waals surface area (Å²) in [5, 5.41) is 0. The van der Waals surface area contributed by atoms with Crippen molar-refractivity contribution in [1.82, 2.24) is 24.3 Å². The fourth-order valence-corrected chi connectivity index (χ4v) is 3.85. The highest BCUT2D eigenvalue weighted by molar-refractivity contribution is 5.96. The summed E-state index contributed by atoms with van der Waals surface area (Å²) in [5.74, 6) is -0.484. The molecule has 0 saturated carbocycles. The number of benzene rings is 1. The first-order chi connectivity index (χ1) is 15.5. The highest BCUT2D eigenvalue weighted by Gasteiger charge is 2.29. The molecule has 1 saturated heterocycles. The molecule has 32 heavy (non-hydrogen) atoms. The van der Waals surface area contributed by atoms with E-state index in [1.807, 2.05) is 31.2 Å². The molecule has 3 heterocycles. The monoisotopic (exact) mass is 435 g/mol. The van der Waals surface area contributed by atoms with E-state index in [-0.39, 0.29) is 18.1 Å². The number of aromatic nitrogens is 3. The Kier molecular flexibility index (Phi) is 6.27. The molecule has 0 spiro atoms. The van der Waals surface area contributed by atoms with Gasteiger partial charge in [-0.1, -0.05) is 18.2 Å². The van der Waals surface area contributed by atoms with E-state index in [9.17, 15) is 14.4 Å². The molecule has 0 unspecified atom stereocenters. The summed E-state index contributed by atoms with van der Waals surface area (Å²) >= 11 is 0. The lowest BCUT2D eigenvalue weighted by molar-refractivity contribution is 0.0530. The number of amides is 2. The summed E-state index contributed by atoms with van der Waals surface area (Å²) < 4.78 is 6.53. The number of fused-ring (bicyclic) bond motifs is 1. The molecule has 1 aromatic carbocycles. The van der Waals surface area contributed by atoms with Gasteiger partial charge in [-0.25, -0.2) is 9.97 Å². The van der Waals surface area contributed by atoms with Crippen LogP contribution in [0.2, 0.25) is 0 Å². The van der Waals surface area contributed by atoms with Crippen LogP contribution in [-0.2, 0) is 11.3 Å². The van der Waals surface area contributed by atoms with Crippen LogP contribution in [0.4, 0.5) is 0 Å². The van der Waals surface area contributed by atoms with E-state index >= 15 is 0 Å². The van der Waals surface area contributed by atoms with E-state index in [4.69, 9.17) is 4.74 Å². The summed E-state index contributed by atoms with van der Waals surface area (Å²) in [4.78, 5) is 51.0. The van der Waals surface area contributed by atoms with Gasteiger partial charge in [0.15, 0.2) is 11.3 Å². The zero-order valence-corrected chi connectivity index (χ0v) is 18.2. The molecule has 0 bridgehead atoms. The zero-order valence-electron chi connectivity index (χ0n) is 18.2. The smallest absolute Gasteiger partial charge is 0.283 e. The van der Waals surface area contributed by atoms with Crippen LogP contribution in [0.25, 0.3) is 11.2 Å². The van der Waals surface area contributed by atoms with Crippen LogP contribution in [0.5, 0.6) is 0 Å². The average molecular weight is 435 g/mol. The largest absolute Gasteiger partial charge is 0.383 e. The Hall–Kier alpha value is -3.59. The molecule has 0 radical (unpaired) electrons. The van der Waals surface area contributed by atoms with Gasteiger partial charge in [0.2, 0.25) is 0 Å². The van der Waals surface area contributed by atoms with Crippen LogP contribution < -0.4 is 5.56 Å². The maximum atomic E-state index is 13.2. The number of piperazine rings is 1. The molecule has 1 aliphatic rings. The van der Waals surface area contributed by atoms with Crippen LogP contribution >= 0.6 is 0 Å². The third-order valence-corrected chi connectivity index (χ3v) is 5.65. The fraction of sp³-hybridized carbons (Fsp3) is 0.348. The number of pyridine rings is 1. The first kappa shape index (κ1) is 21.6. The molecule has 2 aromatic heterocycles. The Labute approximate surface area is 185 Å². The maximum absolute atomic E-state index is 13.2. The molecule has 1 fully saturated rings. The summed E-state index contributed by atoms with van der Waals surface area (Å²) in [5.41, 5.74) is 1.84. The number of hydrogen-bond acceptors (Lipinski definition) is 6. The maximum Gasteiger partial charge on any atom is 0.283 e. The molecule has 0 atom stereocenters. The molecule has 4 rings (SSSR count). The number of methoxy groups -OCH3 is 1. The lowest BCUT2D eigenvalue weighted by Gasteiger charge is -2.34. The van der Waals surface area contributed by atoms with Crippen LogP contribution in [0.3, 0.4) is 0 Å². The van der Waals surface area contributed by atoms with Gasteiger partial charge in [-0.3, -0.25) is 19.0 Å². The first-order valence-electron chi connectivity index (χ1n) is 10.5. The number of aryl methyl sites for hydroxylation is 1. The van der Waals surface area contributed by atoms with Crippen molar-refractivity contribution in [2.45, 2.75) is 13.5 Å². The van der Waals surface area contributed by atoms with Crippen LogP contribution in [0, 0.1) is 6.92 Å². The second kappa shape index (κ2) is 9.27. The molecule has 2 amide bonds. The molecule has 3 aromatic rings. The van der Waals surface area contributed by atoms with Gasteiger partial charge in [0.1, 0.15) is 5.52 Å². The van der Waals surface area contributed by atoms with Gasteiger partial charge in [-0.2, -0.15) is 0 Å². The van der Waals surface area contributed by atoms with E-state index < -0.39 is 11.5 Å². The van der Waals surface area contributed by atoms with E-state index in [1.54, 1.807) is 35.2 Å². The predicted octanol–water partition coefficient (Wildman–Crippen LogP) is 1.34. The van der Waals surface area contributed by atoms with Gasteiger partial charge in [0, 0.05) is 45.0 Å². The van der Waals surface area contributed by atoms with Crippen LogP contribution in [0.15, 0.2) is 47.4 Å². The standard InChI is InChI=1S/C23H25N5O4/c1-16-6-3-4-7-17(16)21(29)26-10-12-27(13-11-26)22(30)19-23(31)28(14-15-32-2)20-18(25-19)8-5-9-24-20/h3-9H,10-15H2,1-2H3. The van der Waals surface area contributed by atoms with E-state index in [2.05, 4.69) is 9.97 Å². The average Bonchev–Trinajstić information content (AvgIpc) is 2.83. The van der Waals surface area contributed by atoms with Gasteiger partial charge >= 0.3 is 0 Å². The molecule has 0 N–H and O–H groups in total. The lowest BCUT2D eigenvalue weighted by atomic mass is 10.1. The van der Waals surface area contributed by atoms with E-state index in [1.165, 1.54) is 4.57 Å². The summed E-state index contributed by atoms with van der Waals surface area (Å²) in [6.07, 6.45) is 1.58. The Balaban J connectivity index is 1.54. The zero-order chi connectivity index (χ0) is 22.7. The first-order valence-corrected chi connectivity index (χ1v) is 10.5. The van der Waals surface area contributed by atoms with Gasteiger partial charge < -0.3 is 14.5 Å². The molecular formula is C23H25N5O4. The summed E-state index contributed by atoms with van der Waals surface area (Å²) in [6.45, 7) is 3.94. The third-order valence-electron chi connectivity index (χ3n) is 5.65. The van der Waals surface area contributed by atoms with Gasteiger partial charge in [-0.15, -0.1) is 0 Å². The van der Waals surface area contributed by atoms with Crippen LogP contribution in [0.1, 0.15) is 26.4 Å². The van der Waals surface area contributed by atoms with E-state index in [0.29, 0.717) is 49.5 Å². The number of hydrogen-bond donors (Lipinski definition) is 0. The van der Waals surface area contributed by atoms with Gasteiger partial charge in [-0.05, 0) is 30.7 Å². The van der Waals surface area contributed by atoms with Crippen molar-refractivity contribution in [3.8, 4) is 0 Å². The second-order valence-corrected chi connectivity index (χ2v) is 7.66. The van der Waals surface area contributed by atoms with Crippen molar-refractivity contribution < 1.29 is 14.3 Å². The third kappa shape index (κ3) is 4.11.